The first kappa shape index (κ1) is 15.7. The molecule has 19 heavy (non-hydrogen) atoms. The molecule has 0 radical (unpaired) electrons. The average molecular weight is 265 g/mol. The second-order valence-corrected chi connectivity index (χ2v) is 4.80. The number of aliphatic carboxylic acids is 1. The molecule has 3 N–H and O–H groups in total. The molecule has 1 aromatic rings. The van der Waals surface area contributed by atoms with Gasteiger partial charge in [0.25, 0.3) is 0 Å². The van der Waals surface area contributed by atoms with Gasteiger partial charge in [0.1, 0.15) is 0 Å². The zero-order valence-electron chi connectivity index (χ0n) is 11.6. The van der Waals surface area contributed by atoms with Crippen molar-refractivity contribution in [1.82, 2.24) is 5.32 Å². The summed E-state index contributed by atoms with van der Waals surface area (Å²) < 4.78 is 0. The number of aliphatic hydroxyl groups is 1. The predicted octanol–water partition coefficient (Wildman–Crippen LogP) is 2.13. The van der Waals surface area contributed by atoms with Gasteiger partial charge in [0.15, 0.2) is 0 Å². The molecule has 0 fully saturated rings. The molecule has 2 atom stereocenters. The summed E-state index contributed by atoms with van der Waals surface area (Å²) in [5.74, 6) is -1.28. The molecule has 1 rings (SSSR count). The minimum Gasteiger partial charge on any atom is -0.481 e. The number of benzene rings is 1. The fourth-order valence-electron chi connectivity index (χ4n) is 1.94. The van der Waals surface area contributed by atoms with Gasteiger partial charge in [-0.2, -0.15) is 0 Å². The first-order valence-electron chi connectivity index (χ1n) is 6.74. The number of aliphatic hydroxyl groups excluding tert-OH is 1. The van der Waals surface area contributed by atoms with Crippen molar-refractivity contribution in [3.63, 3.8) is 0 Å². The second kappa shape index (κ2) is 7.92. The van der Waals surface area contributed by atoms with Crippen molar-refractivity contribution in [3.8, 4) is 0 Å². The van der Waals surface area contributed by atoms with Crippen molar-refractivity contribution in [2.45, 2.75) is 45.2 Å². The molecule has 2 unspecified atom stereocenters. The van der Waals surface area contributed by atoms with Gasteiger partial charge in [0.2, 0.25) is 0 Å². The Morgan fingerprint density at radius 2 is 1.95 bits per heavy atom. The van der Waals surface area contributed by atoms with Crippen LogP contribution >= 0.6 is 0 Å². The SMILES string of the molecule is CCC(CCO)NCc1ccc(C(C)C(=O)O)cc1. The number of nitrogens with one attached hydrogen (secondary N) is 1. The lowest BCUT2D eigenvalue weighted by atomic mass is 10.00. The summed E-state index contributed by atoms with van der Waals surface area (Å²) in [5.41, 5.74) is 1.94. The molecule has 0 aliphatic carbocycles. The molecular weight excluding hydrogens is 242 g/mol. The third kappa shape index (κ3) is 5.01. The molecular formula is C15H23NO3. The van der Waals surface area contributed by atoms with Crippen LogP contribution in [0.25, 0.3) is 0 Å². The summed E-state index contributed by atoms with van der Waals surface area (Å²) in [6.07, 6.45) is 1.74. The highest BCUT2D eigenvalue weighted by Crippen LogP contribution is 2.16. The monoisotopic (exact) mass is 265 g/mol. The quantitative estimate of drug-likeness (QED) is 0.673. The van der Waals surface area contributed by atoms with E-state index >= 15 is 0 Å². The first-order valence-corrected chi connectivity index (χ1v) is 6.74. The van der Waals surface area contributed by atoms with E-state index in [1.807, 2.05) is 24.3 Å². The highest BCUT2D eigenvalue weighted by Gasteiger charge is 2.13. The molecule has 1 aromatic carbocycles. The minimum absolute atomic E-state index is 0.195. The molecule has 0 aliphatic rings. The summed E-state index contributed by atoms with van der Waals surface area (Å²) >= 11 is 0. The van der Waals surface area contributed by atoms with Gasteiger partial charge >= 0.3 is 5.97 Å². The number of carboxylic acid groups (broad SMARTS) is 1. The Bertz CT molecular complexity index is 389. The molecule has 0 heterocycles. The van der Waals surface area contributed by atoms with Crippen molar-refractivity contribution in [2.75, 3.05) is 6.61 Å². The Morgan fingerprint density at radius 1 is 1.32 bits per heavy atom. The van der Waals surface area contributed by atoms with E-state index in [1.54, 1.807) is 6.92 Å². The third-order valence-corrected chi connectivity index (χ3v) is 3.42. The van der Waals surface area contributed by atoms with Gasteiger partial charge in [-0.25, -0.2) is 0 Å². The first-order chi connectivity index (χ1) is 9.08. The zero-order valence-corrected chi connectivity index (χ0v) is 11.6. The van der Waals surface area contributed by atoms with E-state index in [9.17, 15) is 4.79 Å². The van der Waals surface area contributed by atoms with Gasteiger partial charge in [-0.15, -0.1) is 0 Å². The summed E-state index contributed by atoms with van der Waals surface area (Å²) in [6, 6.07) is 7.95. The van der Waals surface area contributed by atoms with E-state index in [0.717, 1.165) is 30.5 Å². The van der Waals surface area contributed by atoms with Gasteiger partial charge < -0.3 is 15.5 Å². The van der Waals surface area contributed by atoms with E-state index < -0.39 is 11.9 Å². The predicted molar refractivity (Wildman–Crippen MR) is 75.1 cm³/mol. The van der Waals surface area contributed by atoms with Crippen LogP contribution in [0, 0.1) is 0 Å². The maximum Gasteiger partial charge on any atom is 0.310 e. The Morgan fingerprint density at radius 3 is 2.42 bits per heavy atom. The summed E-state index contributed by atoms with van der Waals surface area (Å²) in [4.78, 5) is 10.9. The maximum atomic E-state index is 10.9. The van der Waals surface area contributed by atoms with Crippen LogP contribution in [0.15, 0.2) is 24.3 Å². The van der Waals surface area contributed by atoms with Crippen LogP contribution in [0.4, 0.5) is 0 Å². The van der Waals surface area contributed by atoms with Crippen LogP contribution in [0.1, 0.15) is 43.7 Å². The second-order valence-electron chi connectivity index (χ2n) is 4.80. The Hall–Kier alpha value is -1.39. The average Bonchev–Trinajstić information content (AvgIpc) is 2.43. The summed E-state index contributed by atoms with van der Waals surface area (Å²) in [6.45, 7) is 4.70. The smallest absolute Gasteiger partial charge is 0.310 e. The fraction of sp³-hybridized carbons (Fsp3) is 0.533. The normalized spacial score (nSPS) is 14.1. The highest BCUT2D eigenvalue weighted by molar-refractivity contribution is 5.75. The van der Waals surface area contributed by atoms with Gasteiger partial charge in [-0.05, 0) is 30.9 Å². The topological polar surface area (TPSA) is 69.6 Å². The van der Waals surface area contributed by atoms with E-state index in [-0.39, 0.29) is 6.61 Å². The lowest BCUT2D eigenvalue weighted by Crippen LogP contribution is -2.28. The largest absolute Gasteiger partial charge is 0.481 e. The lowest BCUT2D eigenvalue weighted by Gasteiger charge is -2.16. The van der Waals surface area contributed by atoms with Crippen LogP contribution in [0.2, 0.25) is 0 Å². The molecule has 106 valence electrons. The van der Waals surface area contributed by atoms with E-state index in [1.165, 1.54) is 0 Å². The Kier molecular flexibility index (Phi) is 6.53. The number of hydrogen-bond acceptors (Lipinski definition) is 3. The molecule has 0 aromatic heterocycles. The number of carboxylic acids is 1. The van der Waals surface area contributed by atoms with E-state index in [4.69, 9.17) is 10.2 Å². The highest BCUT2D eigenvalue weighted by atomic mass is 16.4. The Labute approximate surface area is 114 Å². The molecule has 4 nitrogen and oxygen atoms in total. The van der Waals surface area contributed by atoms with E-state index in [0.29, 0.717) is 6.04 Å². The zero-order chi connectivity index (χ0) is 14.3. The van der Waals surface area contributed by atoms with Gasteiger partial charge in [0.05, 0.1) is 5.92 Å². The van der Waals surface area contributed by atoms with Crippen molar-refractivity contribution in [3.05, 3.63) is 35.4 Å². The molecule has 0 aliphatic heterocycles. The molecule has 0 spiro atoms. The van der Waals surface area contributed by atoms with Crippen LogP contribution in [0.5, 0.6) is 0 Å². The third-order valence-electron chi connectivity index (χ3n) is 3.42. The van der Waals surface area contributed by atoms with Crippen LogP contribution in [0.3, 0.4) is 0 Å². The molecule has 4 heteroatoms. The Balaban J connectivity index is 2.54. The van der Waals surface area contributed by atoms with E-state index in [2.05, 4.69) is 12.2 Å². The van der Waals surface area contributed by atoms with Crippen molar-refractivity contribution >= 4 is 5.97 Å². The molecule has 0 saturated carbocycles. The number of carbonyl (C=O) groups is 1. The van der Waals surface area contributed by atoms with Crippen molar-refractivity contribution < 1.29 is 15.0 Å². The molecule has 0 saturated heterocycles. The van der Waals surface area contributed by atoms with Crippen molar-refractivity contribution in [1.29, 1.82) is 0 Å². The standard InChI is InChI=1S/C15H23NO3/c1-3-14(8-9-17)16-10-12-4-6-13(7-5-12)11(2)15(18)19/h4-7,11,14,16-17H,3,8-10H2,1-2H3,(H,18,19). The fourth-order valence-corrected chi connectivity index (χ4v) is 1.94. The lowest BCUT2D eigenvalue weighted by molar-refractivity contribution is -0.138. The maximum absolute atomic E-state index is 10.9. The van der Waals surface area contributed by atoms with Crippen LogP contribution in [-0.4, -0.2) is 28.8 Å². The minimum atomic E-state index is -0.806. The van der Waals surface area contributed by atoms with Gasteiger partial charge in [-0.3, -0.25) is 4.79 Å². The number of rotatable bonds is 8. The number of hydrogen-bond donors (Lipinski definition) is 3. The molecule has 0 amide bonds. The summed E-state index contributed by atoms with van der Waals surface area (Å²) in [5, 5.41) is 21.2. The molecule has 0 bridgehead atoms. The van der Waals surface area contributed by atoms with Crippen LogP contribution in [-0.2, 0) is 11.3 Å². The van der Waals surface area contributed by atoms with Gasteiger partial charge in [0, 0.05) is 19.2 Å². The summed E-state index contributed by atoms with van der Waals surface area (Å²) in [7, 11) is 0. The van der Waals surface area contributed by atoms with Crippen LogP contribution < -0.4 is 5.32 Å². The van der Waals surface area contributed by atoms with Gasteiger partial charge in [-0.1, -0.05) is 31.2 Å². The van der Waals surface area contributed by atoms with Crippen molar-refractivity contribution in [2.24, 2.45) is 0 Å².